The number of nitrogens with two attached hydrogens (primary N) is 1. The fourth-order valence-corrected chi connectivity index (χ4v) is 2.31. The predicted octanol–water partition coefficient (Wildman–Crippen LogP) is 2.63. The van der Waals surface area contributed by atoms with Crippen molar-refractivity contribution in [3.63, 3.8) is 0 Å². The lowest BCUT2D eigenvalue weighted by atomic mass is 10.1. The number of hydrogen-bond acceptors (Lipinski definition) is 5. The van der Waals surface area contributed by atoms with Crippen LogP contribution < -0.4 is 5.73 Å². The standard InChI is InChI=1S/C14H16N2O2S/c1-3-19-14(17)11(10-7-5-4-6-8-10)16-13-9(2)12(15)18-13/h4-8,11H,3,15H2,1-2H3/t11-/m1/s1. The minimum Gasteiger partial charge on any atom is -0.423 e. The highest BCUT2D eigenvalue weighted by atomic mass is 32.2. The number of hydrogen-bond donors (Lipinski definition) is 1. The Bertz CT molecular complexity index is 538. The molecular formula is C14H16N2O2S. The molecule has 1 aliphatic rings. The van der Waals surface area contributed by atoms with E-state index in [0.717, 1.165) is 16.9 Å². The molecule has 1 aliphatic heterocycles. The van der Waals surface area contributed by atoms with Crippen LogP contribution in [0.2, 0.25) is 0 Å². The van der Waals surface area contributed by atoms with Gasteiger partial charge in [-0.15, -0.1) is 0 Å². The fourth-order valence-electron chi connectivity index (χ4n) is 1.68. The number of ether oxygens (including phenoxy) is 1. The summed E-state index contributed by atoms with van der Waals surface area (Å²) < 4.78 is 5.18. The molecule has 1 atom stereocenters. The van der Waals surface area contributed by atoms with Crippen molar-refractivity contribution in [1.29, 1.82) is 0 Å². The molecule has 1 heterocycles. The zero-order valence-corrected chi connectivity index (χ0v) is 11.7. The van der Waals surface area contributed by atoms with Crippen molar-refractivity contribution >= 4 is 22.8 Å². The molecule has 0 amide bonds. The van der Waals surface area contributed by atoms with Crippen LogP contribution >= 0.6 is 11.8 Å². The van der Waals surface area contributed by atoms with E-state index in [2.05, 4.69) is 4.99 Å². The van der Waals surface area contributed by atoms with Crippen LogP contribution in [0.3, 0.4) is 0 Å². The van der Waals surface area contributed by atoms with Crippen LogP contribution in [-0.4, -0.2) is 16.8 Å². The van der Waals surface area contributed by atoms with Gasteiger partial charge in [-0.05, 0) is 18.2 Å². The second-order valence-corrected chi connectivity index (χ2v) is 5.36. The number of rotatable bonds is 4. The molecule has 19 heavy (non-hydrogen) atoms. The molecule has 0 spiro atoms. The van der Waals surface area contributed by atoms with Gasteiger partial charge in [-0.1, -0.05) is 49.0 Å². The van der Waals surface area contributed by atoms with Crippen LogP contribution in [0, 0.1) is 0 Å². The first-order chi connectivity index (χ1) is 9.13. The molecule has 0 aliphatic carbocycles. The Labute approximate surface area is 116 Å². The first-order valence-corrected chi connectivity index (χ1v) is 7.06. The van der Waals surface area contributed by atoms with Gasteiger partial charge >= 0.3 is 0 Å². The van der Waals surface area contributed by atoms with Crippen LogP contribution in [-0.2, 0) is 9.53 Å². The minimum absolute atomic E-state index is 0.0167. The SMILES string of the molecule is CCSC(=O)[C@H](N=C1OC(N)=C1C)c1ccccc1. The molecule has 1 aromatic rings. The van der Waals surface area contributed by atoms with Gasteiger partial charge in [0.05, 0.1) is 5.57 Å². The van der Waals surface area contributed by atoms with E-state index in [1.54, 1.807) is 0 Å². The van der Waals surface area contributed by atoms with E-state index >= 15 is 0 Å². The number of nitrogens with zero attached hydrogens (tertiary/aromatic N) is 1. The molecular weight excluding hydrogens is 260 g/mol. The summed E-state index contributed by atoms with van der Waals surface area (Å²) in [5.41, 5.74) is 7.21. The first-order valence-electron chi connectivity index (χ1n) is 6.07. The molecule has 100 valence electrons. The molecule has 1 aromatic carbocycles. The molecule has 0 bridgehead atoms. The topological polar surface area (TPSA) is 64.7 Å². The van der Waals surface area contributed by atoms with Gasteiger partial charge in [0.2, 0.25) is 16.9 Å². The van der Waals surface area contributed by atoms with Crippen molar-refractivity contribution in [2.75, 3.05) is 5.75 Å². The summed E-state index contributed by atoms with van der Waals surface area (Å²) in [4.78, 5) is 16.5. The van der Waals surface area contributed by atoms with Gasteiger partial charge in [0.25, 0.3) is 0 Å². The third-order valence-electron chi connectivity index (χ3n) is 2.77. The van der Waals surface area contributed by atoms with Gasteiger partial charge in [0.1, 0.15) is 6.04 Å². The molecule has 0 saturated heterocycles. The van der Waals surface area contributed by atoms with E-state index in [-0.39, 0.29) is 5.12 Å². The van der Waals surface area contributed by atoms with Crippen LogP contribution in [0.25, 0.3) is 0 Å². The molecule has 0 unspecified atom stereocenters. The number of benzene rings is 1. The Hall–Kier alpha value is -1.75. The van der Waals surface area contributed by atoms with Gasteiger partial charge in [0.15, 0.2) is 0 Å². The maximum absolute atomic E-state index is 12.2. The van der Waals surface area contributed by atoms with Crippen LogP contribution in [0.15, 0.2) is 46.8 Å². The van der Waals surface area contributed by atoms with Crippen LogP contribution in [0.5, 0.6) is 0 Å². The van der Waals surface area contributed by atoms with Crippen molar-refractivity contribution < 1.29 is 9.53 Å². The van der Waals surface area contributed by atoms with Crippen molar-refractivity contribution in [2.45, 2.75) is 19.9 Å². The third-order valence-corrected chi connectivity index (χ3v) is 3.57. The average molecular weight is 276 g/mol. The lowest BCUT2D eigenvalue weighted by Crippen LogP contribution is -2.27. The normalized spacial score (nSPS) is 17.9. The zero-order chi connectivity index (χ0) is 13.8. The molecule has 0 saturated carbocycles. The molecule has 4 nitrogen and oxygen atoms in total. The van der Waals surface area contributed by atoms with E-state index in [0.29, 0.717) is 11.8 Å². The monoisotopic (exact) mass is 276 g/mol. The van der Waals surface area contributed by atoms with Gasteiger partial charge in [-0.2, -0.15) is 0 Å². The summed E-state index contributed by atoms with van der Waals surface area (Å²) in [5, 5.41) is 0.0167. The molecule has 0 radical (unpaired) electrons. The average Bonchev–Trinajstić information content (AvgIpc) is 2.44. The fraction of sp³-hybridized carbons (Fsp3) is 0.286. The molecule has 2 N–H and O–H groups in total. The largest absolute Gasteiger partial charge is 0.423 e. The second kappa shape index (κ2) is 5.93. The summed E-state index contributed by atoms with van der Waals surface area (Å²) in [6, 6.07) is 8.95. The van der Waals surface area contributed by atoms with Gasteiger partial charge in [-0.3, -0.25) is 4.79 Å². The number of carbonyl (C=O) groups excluding carboxylic acids is 1. The van der Waals surface area contributed by atoms with E-state index in [1.807, 2.05) is 44.2 Å². The highest BCUT2D eigenvalue weighted by Gasteiger charge is 2.26. The first kappa shape index (κ1) is 13.7. The van der Waals surface area contributed by atoms with Crippen molar-refractivity contribution in [3.05, 3.63) is 47.4 Å². The summed E-state index contributed by atoms with van der Waals surface area (Å²) >= 11 is 1.26. The van der Waals surface area contributed by atoms with Crippen molar-refractivity contribution in [3.8, 4) is 0 Å². The Morgan fingerprint density at radius 3 is 2.63 bits per heavy atom. The second-order valence-electron chi connectivity index (χ2n) is 4.09. The number of thioether (sulfide) groups is 1. The Morgan fingerprint density at radius 1 is 1.42 bits per heavy atom. The van der Waals surface area contributed by atoms with E-state index in [4.69, 9.17) is 10.5 Å². The Kier molecular flexibility index (Phi) is 4.27. The lowest BCUT2D eigenvalue weighted by molar-refractivity contribution is -0.112. The summed E-state index contributed by atoms with van der Waals surface area (Å²) in [6.45, 7) is 3.78. The summed E-state index contributed by atoms with van der Waals surface area (Å²) in [7, 11) is 0. The van der Waals surface area contributed by atoms with E-state index in [9.17, 15) is 4.79 Å². The molecule has 0 fully saturated rings. The van der Waals surface area contributed by atoms with Gasteiger partial charge < -0.3 is 10.5 Å². The summed E-state index contributed by atoms with van der Waals surface area (Å²) in [5.74, 6) is 1.56. The number of carbonyl (C=O) groups is 1. The lowest BCUT2D eigenvalue weighted by Gasteiger charge is -2.22. The molecule has 2 rings (SSSR count). The van der Waals surface area contributed by atoms with E-state index < -0.39 is 6.04 Å². The summed E-state index contributed by atoms with van der Waals surface area (Å²) in [6.07, 6.45) is 0. The predicted molar refractivity (Wildman–Crippen MR) is 77.7 cm³/mol. The van der Waals surface area contributed by atoms with Crippen molar-refractivity contribution in [1.82, 2.24) is 0 Å². The maximum atomic E-state index is 12.2. The van der Waals surface area contributed by atoms with Crippen LogP contribution in [0.4, 0.5) is 0 Å². The van der Waals surface area contributed by atoms with Crippen molar-refractivity contribution in [2.24, 2.45) is 10.7 Å². The third kappa shape index (κ3) is 2.98. The highest BCUT2D eigenvalue weighted by molar-refractivity contribution is 8.13. The van der Waals surface area contributed by atoms with Gasteiger partial charge in [-0.25, -0.2) is 4.99 Å². The quantitative estimate of drug-likeness (QED) is 0.918. The molecule has 0 aromatic heterocycles. The van der Waals surface area contributed by atoms with E-state index in [1.165, 1.54) is 11.8 Å². The maximum Gasteiger partial charge on any atom is 0.226 e. The minimum atomic E-state index is -0.538. The van der Waals surface area contributed by atoms with Gasteiger partial charge in [0, 0.05) is 0 Å². The Balaban J connectivity index is 2.29. The highest BCUT2D eigenvalue weighted by Crippen LogP contribution is 2.27. The molecule has 5 heteroatoms. The Morgan fingerprint density at radius 2 is 2.11 bits per heavy atom. The zero-order valence-electron chi connectivity index (χ0n) is 10.9. The smallest absolute Gasteiger partial charge is 0.226 e. The number of aliphatic imine (C=N–C) groups is 1. The van der Waals surface area contributed by atoms with Crippen LogP contribution in [0.1, 0.15) is 25.5 Å².